The minimum Gasteiger partial charge on any atom is -0.494 e. The van der Waals surface area contributed by atoms with Gasteiger partial charge in [-0.05, 0) is 31.2 Å². The van der Waals surface area contributed by atoms with E-state index in [1.54, 1.807) is 17.4 Å². The lowest BCUT2D eigenvalue weighted by Gasteiger charge is -2.20. The van der Waals surface area contributed by atoms with E-state index in [1.165, 1.54) is 16.9 Å². The van der Waals surface area contributed by atoms with Crippen LogP contribution in [0, 0.1) is 6.92 Å². The molecule has 0 radical (unpaired) electrons. The summed E-state index contributed by atoms with van der Waals surface area (Å²) in [7, 11) is 3.52. The lowest BCUT2D eigenvalue weighted by molar-refractivity contribution is 0.209. The van der Waals surface area contributed by atoms with Gasteiger partial charge in [0.1, 0.15) is 5.75 Å². The molecule has 1 heterocycles. The Hall–Kier alpha value is -2.21. The summed E-state index contributed by atoms with van der Waals surface area (Å²) < 4.78 is 5.24. The summed E-state index contributed by atoms with van der Waals surface area (Å²) in [5.74, 6) is 0.504. The Bertz CT molecular complexity index is 640. The van der Waals surface area contributed by atoms with Gasteiger partial charge in [0.15, 0.2) is 0 Å². The number of ether oxygens (including phenoxy) is 1. The Morgan fingerprint density at radius 1 is 1.38 bits per heavy atom. The van der Waals surface area contributed by atoms with Gasteiger partial charge in [0.25, 0.3) is 0 Å². The highest BCUT2D eigenvalue weighted by molar-refractivity contribution is 7.11. The minimum absolute atomic E-state index is 0.439. The Kier molecular flexibility index (Phi) is 4.70. The number of anilines is 2. The van der Waals surface area contributed by atoms with E-state index >= 15 is 0 Å². The third kappa shape index (κ3) is 3.88. The van der Waals surface area contributed by atoms with Crippen molar-refractivity contribution < 1.29 is 14.6 Å². The predicted molar refractivity (Wildman–Crippen MR) is 85.8 cm³/mol. The molecule has 0 unspecified atom stereocenters. The van der Waals surface area contributed by atoms with Crippen molar-refractivity contribution in [3.63, 3.8) is 0 Å². The van der Waals surface area contributed by atoms with Gasteiger partial charge in [0.2, 0.25) is 0 Å². The molecule has 0 saturated heterocycles. The molecule has 21 heavy (non-hydrogen) atoms. The largest absolute Gasteiger partial charge is 0.494 e. The summed E-state index contributed by atoms with van der Waals surface area (Å²) >= 11 is 1.77. The number of hydrogen-bond donors (Lipinski definition) is 2. The van der Waals surface area contributed by atoms with Crippen LogP contribution in [0.2, 0.25) is 0 Å². The second-order valence-corrected chi connectivity index (χ2v) is 6.06. The number of carbonyl (C=O) groups is 1. The second-order valence-electron chi connectivity index (χ2n) is 4.68. The minimum atomic E-state index is -1.11. The quantitative estimate of drug-likeness (QED) is 0.882. The maximum absolute atomic E-state index is 10.7. The number of methoxy groups -OCH3 is 1. The Labute approximate surface area is 127 Å². The smallest absolute Gasteiger partial charge is 0.409 e. The molecule has 6 heteroatoms. The number of aryl methyl sites for hydroxylation is 1. The van der Waals surface area contributed by atoms with Gasteiger partial charge >= 0.3 is 6.09 Å². The van der Waals surface area contributed by atoms with Gasteiger partial charge in [0, 0.05) is 28.6 Å². The predicted octanol–water partition coefficient (Wildman–Crippen LogP) is 3.79. The highest BCUT2D eigenvalue weighted by atomic mass is 32.1. The van der Waals surface area contributed by atoms with Crippen molar-refractivity contribution in [1.82, 2.24) is 0 Å². The number of rotatable bonds is 5. The van der Waals surface area contributed by atoms with E-state index < -0.39 is 6.09 Å². The number of hydrogen-bond acceptors (Lipinski definition) is 4. The lowest BCUT2D eigenvalue weighted by atomic mass is 10.2. The normalized spacial score (nSPS) is 10.2. The van der Waals surface area contributed by atoms with Crippen LogP contribution in [0.15, 0.2) is 30.3 Å². The third-order valence-electron chi connectivity index (χ3n) is 3.06. The molecule has 1 aromatic heterocycles. The molecule has 0 bridgehead atoms. The zero-order valence-electron chi connectivity index (χ0n) is 12.2. The van der Waals surface area contributed by atoms with Gasteiger partial charge in [-0.25, -0.2) is 4.79 Å². The highest BCUT2D eigenvalue weighted by Crippen LogP contribution is 2.30. The van der Waals surface area contributed by atoms with Crippen LogP contribution in [0.25, 0.3) is 0 Å². The first-order chi connectivity index (χ1) is 9.99. The van der Waals surface area contributed by atoms with Crippen molar-refractivity contribution in [3.05, 3.63) is 40.1 Å². The second kappa shape index (κ2) is 6.49. The van der Waals surface area contributed by atoms with E-state index in [2.05, 4.69) is 29.3 Å². The van der Waals surface area contributed by atoms with Crippen molar-refractivity contribution >= 4 is 28.8 Å². The van der Waals surface area contributed by atoms with Crippen LogP contribution in [0.3, 0.4) is 0 Å². The SMILES string of the molecule is COc1cc(N(C)Cc2ccc(C)s2)ccc1NC(=O)O. The molecule has 1 amide bonds. The summed E-state index contributed by atoms with van der Waals surface area (Å²) in [6, 6.07) is 9.63. The maximum Gasteiger partial charge on any atom is 0.409 e. The van der Waals surface area contributed by atoms with Crippen LogP contribution in [-0.4, -0.2) is 25.4 Å². The van der Waals surface area contributed by atoms with Gasteiger partial charge in [0.05, 0.1) is 19.3 Å². The molecular formula is C15H18N2O3S. The van der Waals surface area contributed by atoms with Crippen LogP contribution in [-0.2, 0) is 6.54 Å². The number of nitrogens with one attached hydrogen (secondary N) is 1. The first-order valence-corrected chi connectivity index (χ1v) is 7.25. The molecular weight excluding hydrogens is 288 g/mol. The van der Waals surface area contributed by atoms with E-state index in [4.69, 9.17) is 9.84 Å². The Balaban J connectivity index is 2.17. The zero-order chi connectivity index (χ0) is 15.4. The summed E-state index contributed by atoms with van der Waals surface area (Å²) in [6.45, 7) is 2.89. The molecule has 112 valence electrons. The van der Waals surface area contributed by atoms with Crippen LogP contribution in [0.4, 0.5) is 16.2 Å². The van der Waals surface area contributed by atoms with E-state index in [1.807, 2.05) is 19.2 Å². The molecule has 2 aromatic rings. The van der Waals surface area contributed by atoms with Crippen LogP contribution in [0.1, 0.15) is 9.75 Å². The number of thiophene rings is 1. The average molecular weight is 306 g/mol. The fourth-order valence-corrected chi connectivity index (χ4v) is 2.97. The molecule has 2 rings (SSSR count). The molecule has 0 saturated carbocycles. The fraction of sp³-hybridized carbons (Fsp3) is 0.267. The van der Waals surface area contributed by atoms with E-state index in [-0.39, 0.29) is 0 Å². The van der Waals surface area contributed by atoms with Gasteiger partial charge in [-0.3, -0.25) is 5.32 Å². The molecule has 2 N–H and O–H groups in total. The van der Waals surface area contributed by atoms with E-state index in [0.717, 1.165) is 12.2 Å². The van der Waals surface area contributed by atoms with Crippen molar-refractivity contribution in [1.29, 1.82) is 0 Å². The van der Waals surface area contributed by atoms with Gasteiger partial charge < -0.3 is 14.7 Å². The summed E-state index contributed by atoms with van der Waals surface area (Å²) in [4.78, 5) is 15.4. The van der Waals surface area contributed by atoms with Crippen LogP contribution < -0.4 is 15.0 Å². The molecule has 0 spiro atoms. The van der Waals surface area contributed by atoms with Crippen LogP contribution >= 0.6 is 11.3 Å². The Morgan fingerprint density at radius 3 is 2.71 bits per heavy atom. The molecule has 1 aromatic carbocycles. The summed E-state index contributed by atoms with van der Waals surface area (Å²) in [5.41, 5.74) is 1.41. The van der Waals surface area contributed by atoms with Crippen molar-refractivity contribution in [2.75, 3.05) is 24.4 Å². The first kappa shape index (κ1) is 15.2. The lowest BCUT2D eigenvalue weighted by Crippen LogP contribution is -2.16. The van der Waals surface area contributed by atoms with Crippen LogP contribution in [0.5, 0.6) is 5.75 Å². The van der Waals surface area contributed by atoms with Crippen molar-refractivity contribution in [2.24, 2.45) is 0 Å². The highest BCUT2D eigenvalue weighted by Gasteiger charge is 2.10. The number of benzene rings is 1. The molecule has 0 aliphatic heterocycles. The summed E-state index contributed by atoms with van der Waals surface area (Å²) in [5, 5.41) is 11.1. The maximum atomic E-state index is 10.7. The fourth-order valence-electron chi connectivity index (χ4n) is 2.03. The average Bonchev–Trinajstić information content (AvgIpc) is 2.83. The van der Waals surface area contributed by atoms with Crippen molar-refractivity contribution in [2.45, 2.75) is 13.5 Å². The molecule has 0 fully saturated rings. The standard InChI is InChI=1S/C15H18N2O3S/c1-10-4-6-12(21-10)9-17(2)11-5-7-13(16-15(18)19)14(8-11)20-3/h4-8,16H,9H2,1-3H3,(H,18,19). The van der Waals surface area contributed by atoms with Gasteiger partial charge in [-0.2, -0.15) is 0 Å². The topological polar surface area (TPSA) is 61.8 Å². The van der Waals surface area contributed by atoms with Gasteiger partial charge in [-0.15, -0.1) is 11.3 Å². The third-order valence-corrected chi connectivity index (χ3v) is 4.04. The number of amides is 1. The van der Waals surface area contributed by atoms with Gasteiger partial charge in [-0.1, -0.05) is 0 Å². The first-order valence-electron chi connectivity index (χ1n) is 6.44. The number of nitrogens with zero attached hydrogens (tertiary/aromatic N) is 1. The molecule has 0 aliphatic carbocycles. The Morgan fingerprint density at radius 2 is 2.14 bits per heavy atom. The summed E-state index contributed by atoms with van der Waals surface area (Å²) in [6.07, 6.45) is -1.11. The van der Waals surface area contributed by atoms with Crippen molar-refractivity contribution in [3.8, 4) is 5.75 Å². The number of carboxylic acid groups (broad SMARTS) is 1. The molecule has 5 nitrogen and oxygen atoms in total. The molecule has 0 aliphatic rings. The van der Waals surface area contributed by atoms with E-state index in [9.17, 15) is 4.79 Å². The zero-order valence-corrected chi connectivity index (χ0v) is 13.0. The molecule has 0 atom stereocenters. The monoisotopic (exact) mass is 306 g/mol. The van der Waals surface area contributed by atoms with E-state index in [0.29, 0.717) is 11.4 Å².